The van der Waals surface area contributed by atoms with Crippen LogP contribution in [0.25, 0.3) is 11.3 Å². The first-order valence-corrected chi connectivity index (χ1v) is 10.9. The van der Waals surface area contributed by atoms with Crippen LogP contribution in [0.4, 0.5) is 32.4 Å². The van der Waals surface area contributed by atoms with Gasteiger partial charge in [-0.15, -0.1) is 0 Å². The second kappa shape index (κ2) is 9.93. The molecule has 5 rings (SSSR count). The molecule has 0 amide bonds. The molecule has 0 radical (unpaired) electrons. The van der Waals surface area contributed by atoms with Crippen LogP contribution < -0.4 is 15.5 Å². The lowest BCUT2D eigenvalue weighted by molar-refractivity contribution is 0.122. The van der Waals surface area contributed by atoms with E-state index in [0.717, 1.165) is 18.0 Å². The normalized spacial score (nSPS) is 14.5. The van der Waals surface area contributed by atoms with E-state index in [1.54, 1.807) is 18.2 Å². The lowest BCUT2D eigenvalue weighted by Crippen LogP contribution is -2.37. The maximum absolute atomic E-state index is 13.2. The van der Waals surface area contributed by atoms with Gasteiger partial charge >= 0.3 is 0 Å². The van der Waals surface area contributed by atoms with Crippen LogP contribution in [0.3, 0.4) is 0 Å². The average molecular weight is 480 g/mol. The van der Waals surface area contributed by atoms with E-state index in [4.69, 9.17) is 4.74 Å². The van der Waals surface area contributed by atoms with Gasteiger partial charge in [0.1, 0.15) is 11.6 Å². The van der Waals surface area contributed by atoms with E-state index in [9.17, 15) is 8.78 Å². The van der Waals surface area contributed by atoms with Crippen LogP contribution in [0.5, 0.6) is 0 Å². The van der Waals surface area contributed by atoms with Crippen molar-refractivity contribution in [3.63, 3.8) is 0 Å². The lowest BCUT2D eigenvalue weighted by Gasteiger charge is -2.27. The molecule has 11 nitrogen and oxygen atoms in total. The molecule has 1 aromatic carbocycles. The quantitative estimate of drug-likeness (QED) is 0.363. The summed E-state index contributed by atoms with van der Waals surface area (Å²) < 4.78 is 31.9. The number of hydrogen-bond donors (Lipinski definition) is 3. The van der Waals surface area contributed by atoms with Gasteiger partial charge in [-0.05, 0) is 36.8 Å². The molecular weight excluding hydrogens is 458 g/mol. The molecule has 0 saturated carbocycles. The first-order valence-electron chi connectivity index (χ1n) is 10.9. The average Bonchev–Trinajstić information content (AvgIpc) is 3.33. The molecule has 1 saturated heterocycles. The van der Waals surface area contributed by atoms with Gasteiger partial charge in [-0.2, -0.15) is 20.1 Å². The first kappa shape index (κ1) is 22.5. The van der Waals surface area contributed by atoms with E-state index < -0.39 is 5.82 Å². The van der Waals surface area contributed by atoms with Crippen LogP contribution in [0, 0.1) is 11.6 Å². The minimum absolute atomic E-state index is 0.272. The topological polar surface area (TPSA) is 130 Å². The summed E-state index contributed by atoms with van der Waals surface area (Å²) >= 11 is 0. The number of aromatic nitrogens is 7. The van der Waals surface area contributed by atoms with Crippen LogP contribution in [0.1, 0.15) is 18.8 Å². The fourth-order valence-corrected chi connectivity index (χ4v) is 3.47. The predicted molar refractivity (Wildman–Crippen MR) is 124 cm³/mol. The predicted octanol–water partition coefficient (Wildman–Crippen LogP) is 3.08. The Kier molecular flexibility index (Phi) is 6.39. The fourth-order valence-electron chi connectivity index (χ4n) is 3.47. The van der Waals surface area contributed by atoms with E-state index in [1.807, 2.05) is 11.8 Å². The summed E-state index contributed by atoms with van der Waals surface area (Å²) in [6, 6.07) is 7.47. The molecule has 3 N–H and O–H groups in total. The van der Waals surface area contributed by atoms with Crippen LogP contribution >= 0.6 is 0 Å². The van der Waals surface area contributed by atoms with Crippen LogP contribution in [0.2, 0.25) is 0 Å². The third-order valence-corrected chi connectivity index (χ3v) is 5.26. The zero-order valence-electron chi connectivity index (χ0n) is 18.7. The van der Waals surface area contributed by atoms with Crippen molar-refractivity contribution in [1.29, 1.82) is 0 Å². The first-order chi connectivity index (χ1) is 17.0. The van der Waals surface area contributed by atoms with Gasteiger partial charge in [-0.25, -0.2) is 18.7 Å². The second-order valence-corrected chi connectivity index (χ2v) is 7.81. The zero-order valence-corrected chi connectivity index (χ0v) is 18.7. The Labute approximate surface area is 199 Å². The number of benzene rings is 1. The molecule has 0 spiro atoms. The highest BCUT2D eigenvalue weighted by atomic mass is 19.1. The van der Waals surface area contributed by atoms with E-state index in [1.165, 1.54) is 12.1 Å². The van der Waals surface area contributed by atoms with E-state index in [2.05, 4.69) is 45.8 Å². The largest absolute Gasteiger partial charge is 0.378 e. The Morgan fingerprint density at radius 3 is 2.43 bits per heavy atom. The van der Waals surface area contributed by atoms with Gasteiger partial charge in [0.2, 0.25) is 17.8 Å². The van der Waals surface area contributed by atoms with Crippen molar-refractivity contribution in [3.05, 3.63) is 60.2 Å². The van der Waals surface area contributed by atoms with Crippen molar-refractivity contribution < 1.29 is 13.5 Å². The Morgan fingerprint density at radius 2 is 1.69 bits per heavy atom. The van der Waals surface area contributed by atoms with Gasteiger partial charge in [0.05, 0.1) is 37.3 Å². The number of morpholine rings is 1. The summed E-state index contributed by atoms with van der Waals surface area (Å²) in [5.41, 5.74) is 1.49. The van der Waals surface area contributed by atoms with Gasteiger partial charge < -0.3 is 20.3 Å². The summed E-state index contributed by atoms with van der Waals surface area (Å²) in [6.07, 6.45) is 2.21. The van der Waals surface area contributed by atoms with Crippen molar-refractivity contribution in [2.75, 3.05) is 41.8 Å². The van der Waals surface area contributed by atoms with E-state index in [0.29, 0.717) is 55.5 Å². The molecule has 1 aliphatic heterocycles. The third kappa shape index (κ3) is 5.46. The summed E-state index contributed by atoms with van der Waals surface area (Å²) in [6.45, 7) is 4.23. The lowest BCUT2D eigenvalue weighted by atomic mass is 10.1. The fraction of sp³-hybridized carbons (Fsp3) is 0.273. The number of rotatable bonds is 7. The number of ether oxygens (including phenoxy) is 1. The molecule has 4 aromatic rings. The molecule has 1 aliphatic rings. The van der Waals surface area contributed by atoms with Crippen molar-refractivity contribution in [2.45, 2.75) is 13.0 Å². The smallest absolute Gasteiger partial charge is 0.235 e. The number of H-pyrrole nitrogens is 1. The molecule has 1 atom stereocenters. The van der Waals surface area contributed by atoms with E-state index >= 15 is 0 Å². The number of halogens is 2. The van der Waals surface area contributed by atoms with Crippen LogP contribution in [0.15, 0.2) is 42.7 Å². The molecule has 0 aliphatic carbocycles. The monoisotopic (exact) mass is 480 g/mol. The van der Waals surface area contributed by atoms with Gasteiger partial charge in [0, 0.05) is 19.2 Å². The molecule has 35 heavy (non-hydrogen) atoms. The number of nitrogens with zero attached hydrogens (tertiary/aromatic N) is 7. The Hall–Kier alpha value is -4.26. The standard InChI is InChI=1S/C22H22F2N10O/c1-13(19-25-11-16(24)12-26-19)27-20-29-21(31-22(30-20)34-6-8-35-9-7-34)28-18-10-17(32-33-18)14-2-4-15(23)5-3-14/h2-5,10-13H,6-9H2,1H3,(H3,27,28,29,30,31,32,33)/t13-/m0/s1. The Bertz CT molecular complexity index is 1280. The SMILES string of the molecule is C[C@H](Nc1nc(Nc2cc(-c3ccc(F)cc3)[nH]n2)nc(N2CCOCC2)n1)c1ncc(F)cn1. The summed E-state index contributed by atoms with van der Waals surface area (Å²) in [7, 11) is 0. The highest BCUT2D eigenvalue weighted by Gasteiger charge is 2.19. The molecule has 3 aromatic heterocycles. The van der Waals surface area contributed by atoms with Gasteiger partial charge in [0.15, 0.2) is 11.6 Å². The number of nitrogens with one attached hydrogen (secondary N) is 3. The van der Waals surface area contributed by atoms with Gasteiger partial charge in [-0.1, -0.05) is 0 Å². The second-order valence-electron chi connectivity index (χ2n) is 7.81. The highest BCUT2D eigenvalue weighted by Crippen LogP contribution is 2.23. The minimum Gasteiger partial charge on any atom is -0.378 e. The highest BCUT2D eigenvalue weighted by molar-refractivity contribution is 5.64. The van der Waals surface area contributed by atoms with E-state index in [-0.39, 0.29) is 17.8 Å². The number of anilines is 4. The number of hydrogen-bond acceptors (Lipinski definition) is 10. The van der Waals surface area contributed by atoms with Crippen LogP contribution in [-0.2, 0) is 4.74 Å². The maximum Gasteiger partial charge on any atom is 0.235 e. The van der Waals surface area contributed by atoms with Crippen molar-refractivity contribution in [2.24, 2.45) is 0 Å². The molecule has 1 fully saturated rings. The number of aromatic amines is 1. The van der Waals surface area contributed by atoms with Crippen molar-refractivity contribution >= 4 is 23.7 Å². The van der Waals surface area contributed by atoms with Gasteiger partial charge in [0.25, 0.3) is 0 Å². The van der Waals surface area contributed by atoms with Gasteiger partial charge in [-0.3, -0.25) is 5.10 Å². The minimum atomic E-state index is -0.513. The Balaban J connectivity index is 1.40. The summed E-state index contributed by atoms with van der Waals surface area (Å²) in [4.78, 5) is 23.6. The third-order valence-electron chi connectivity index (χ3n) is 5.26. The molecule has 4 heterocycles. The molecule has 13 heteroatoms. The van der Waals surface area contributed by atoms with Crippen molar-refractivity contribution in [1.82, 2.24) is 35.1 Å². The maximum atomic E-state index is 13.2. The summed E-state index contributed by atoms with van der Waals surface area (Å²) in [5.74, 6) is 1.07. The van der Waals surface area contributed by atoms with Crippen LogP contribution in [-0.4, -0.2) is 61.4 Å². The molecule has 0 unspecified atom stereocenters. The Morgan fingerprint density at radius 1 is 0.971 bits per heavy atom. The summed E-state index contributed by atoms with van der Waals surface area (Å²) in [5, 5.41) is 13.4. The molecular formula is C22H22F2N10O. The van der Waals surface area contributed by atoms with Crippen molar-refractivity contribution in [3.8, 4) is 11.3 Å². The molecule has 180 valence electrons. The molecule has 0 bridgehead atoms. The zero-order chi connectivity index (χ0) is 24.2.